The Hall–Kier alpha value is -1.06. The third kappa shape index (κ3) is 1.98. The quantitative estimate of drug-likeness (QED) is 0.772. The maximum atomic E-state index is 11.8. The number of anilines is 1. The molecule has 1 aliphatic heterocycles. The van der Waals surface area contributed by atoms with Crippen LogP contribution in [0.25, 0.3) is 0 Å². The van der Waals surface area contributed by atoms with Gasteiger partial charge in [-0.15, -0.1) is 0 Å². The zero-order chi connectivity index (χ0) is 10.8. The second-order valence-corrected chi connectivity index (χ2v) is 3.92. The lowest BCUT2D eigenvalue weighted by Crippen LogP contribution is -2.29. The molecule has 1 fully saturated rings. The second-order valence-electron chi connectivity index (χ2n) is 3.48. The molecule has 0 N–H and O–H groups in total. The van der Waals surface area contributed by atoms with E-state index in [1.54, 1.807) is 24.1 Å². The lowest BCUT2D eigenvalue weighted by molar-refractivity contribution is -0.125. The summed E-state index contributed by atoms with van der Waals surface area (Å²) in [6.45, 7) is 0.707. The number of nitrogens with zero attached hydrogens (tertiary/aromatic N) is 1. The number of ether oxygens (including phenoxy) is 1. The van der Waals surface area contributed by atoms with Gasteiger partial charge in [-0.2, -0.15) is 0 Å². The SMILES string of the molecule is COC1CCN(c2ccc(Cl)cc2)C1=O. The zero-order valence-electron chi connectivity index (χ0n) is 8.44. The van der Waals surface area contributed by atoms with Gasteiger partial charge in [-0.1, -0.05) is 11.6 Å². The van der Waals surface area contributed by atoms with Crippen LogP contribution in [0.5, 0.6) is 0 Å². The first-order valence-corrected chi connectivity index (χ1v) is 5.20. The van der Waals surface area contributed by atoms with Crippen LogP contribution < -0.4 is 4.90 Å². The van der Waals surface area contributed by atoms with Gasteiger partial charge in [0.25, 0.3) is 5.91 Å². The monoisotopic (exact) mass is 225 g/mol. The molecule has 2 rings (SSSR count). The molecule has 1 heterocycles. The predicted octanol–water partition coefficient (Wildman–Crippen LogP) is 2.09. The molecule has 0 aromatic heterocycles. The van der Waals surface area contributed by atoms with Crippen molar-refractivity contribution in [3.05, 3.63) is 29.3 Å². The molecule has 80 valence electrons. The second kappa shape index (κ2) is 4.21. The van der Waals surface area contributed by atoms with Crippen molar-refractivity contribution < 1.29 is 9.53 Å². The fourth-order valence-corrected chi connectivity index (χ4v) is 1.88. The highest BCUT2D eigenvalue weighted by Crippen LogP contribution is 2.24. The summed E-state index contributed by atoms with van der Waals surface area (Å²) in [5.74, 6) is 0.0276. The van der Waals surface area contributed by atoms with Crippen LogP contribution in [-0.2, 0) is 9.53 Å². The molecule has 0 aliphatic carbocycles. The molecule has 15 heavy (non-hydrogen) atoms. The molecule has 1 aliphatic rings. The fraction of sp³-hybridized carbons (Fsp3) is 0.364. The number of carbonyl (C=O) groups is 1. The van der Waals surface area contributed by atoms with Crippen LogP contribution in [0.1, 0.15) is 6.42 Å². The van der Waals surface area contributed by atoms with Gasteiger partial charge in [0, 0.05) is 30.8 Å². The summed E-state index contributed by atoms with van der Waals surface area (Å²) in [6, 6.07) is 7.26. The lowest BCUT2D eigenvalue weighted by atomic mass is 10.3. The Kier molecular flexibility index (Phi) is 2.93. The van der Waals surface area contributed by atoms with E-state index in [-0.39, 0.29) is 12.0 Å². The Bertz CT molecular complexity index is 363. The van der Waals surface area contributed by atoms with E-state index in [4.69, 9.17) is 16.3 Å². The molecule has 0 spiro atoms. The average molecular weight is 226 g/mol. The molecule has 1 atom stereocenters. The summed E-state index contributed by atoms with van der Waals surface area (Å²) >= 11 is 5.78. The molecule has 0 radical (unpaired) electrons. The van der Waals surface area contributed by atoms with Crippen molar-refractivity contribution in [1.82, 2.24) is 0 Å². The summed E-state index contributed by atoms with van der Waals surface area (Å²) in [7, 11) is 1.56. The van der Waals surface area contributed by atoms with Crippen LogP contribution in [0.4, 0.5) is 5.69 Å². The van der Waals surface area contributed by atoms with E-state index in [2.05, 4.69) is 0 Å². The van der Waals surface area contributed by atoms with E-state index in [0.29, 0.717) is 11.6 Å². The molecule has 4 heteroatoms. The maximum Gasteiger partial charge on any atom is 0.256 e. The van der Waals surface area contributed by atoms with Gasteiger partial charge in [0.05, 0.1) is 0 Å². The Morgan fingerprint density at radius 1 is 1.40 bits per heavy atom. The highest BCUT2D eigenvalue weighted by atomic mass is 35.5. The van der Waals surface area contributed by atoms with Crippen LogP contribution in [0, 0.1) is 0 Å². The predicted molar refractivity (Wildman–Crippen MR) is 59.2 cm³/mol. The standard InChI is InChI=1S/C11H12ClNO2/c1-15-10-6-7-13(11(10)14)9-4-2-8(12)3-5-9/h2-5,10H,6-7H2,1H3. The van der Waals surface area contributed by atoms with Crippen molar-refractivity contribution in [2.75, 3.05) is 18.6 Å². The Morgan fingerprint density at radius 3 is 2.60 bits per heavy atom. The van der Waals surface area contributed by atoms with Crippen molar-refractivity contribution >= 4 is 23.2 Å². The van der Waals surface area contributed by atoms with Crippen LogP contribution in [0.3, 0.4) is 0 Å². The molecule has 0 bridgehead atoms. The van der Waals surface area contributed by atoms with Crippen molar-refractivity contribution in [3.63, 3.8) is 0 Å². The van der Waals surface area contributed by atoms with Gasteiger partial charge in [0.2, 0.25) is 0 Å². The minimum absolute atomic E-state index is 0.0276. The van der Waals surface area contributed by atoms with E-state index in [1.165, 1.54) is 0 Å². The fourth-order valence-electron chi connectivity index (χ4n) is 1.75. The van der Waals surface area contributed by atoms with Gasteiger partial charge < -0.3 is 9.64 Å². The first kappa shape index (κ1) is 10.5. The van der Waals surface area contributed by atoms with E-state index in [0.717, 1.165) is 12.1 Å². The number of hydrogen-bond acceptors (Lipinski definition) is 2. The number of methoxy groups -OCH3 is 1. The number of hydrogen-bond donors (Lipinski definition) is 0. The van der Waals surface area contributed by atoms with Crippen LogP contribution in [0.15, 0.2) is 24.3 Å². The van der Waals surface area contributed by atoms with Crippen molar-refractivity contribution in [1.29, 1.82) is 0 Å². The molecule has 1 aromatic carbocycles. The smallest absolute Gasteiger partial charge is 0.256 e. The molecule has 1 amide bonds. The van der Waals surface area contributed by atoms with Crippen molar-refractivity contribution in [2.24, 2.45) is 0 Å². The molecule has 1 unspecified atom stereocenters. The number of amides is 1. The third-order valence-electron chi connectivity index (χ3n) is 2.58. The average Bonchev–Trinajstić information content (AvgIpc) is 2.61. The summed E-state index contributed by atoms with van der Waals surface area (Å²) in [6.07, 6.45) is 0.457. The van der Waals surface area contributed by atoms with Crippen molar-refractivity contribution in [2.45, 2.75) is 12.5 Å². The Balaban J connectivity index is 2.19. The number of benzene rings is 1. The maximum absolute atomic E-state index is 11.8. The Morgan fingerprint density at radius 2 is 2.07 bits per heavy atom. The highest BCUT2D eigenvalue weighted by Gasteiger charge is 2.32. The van der Waals surface area contributed by atoms with E-state index in [1.807, 2.05) is 12.1 Å². The van der Waals surface area contributed by atoms with Gasteiger partial charge in [-0.25, -0.2) is 0 Å². The van der Waals surface area contributed by atoms with E-state index < -0.39 is 0 Å². The van der Waals surface area contributed by atoms with Gasteiger partial charge in [-0.05, 0) is 24.3 Å². The molecular formula is C11H12ClNO2. The molecule has 1 saturated heterocycles. The summed E-state index contributed by atoms with van der Waals surface area (Å²) in [4.78, 5) is 13.5. The lowest BCUT2D eigenvalue weighted by Gasteiger charge is -2.16. The normalized spacial score (nSPS) is 21.1. The zero-order valence-corrected chi connectivity index (χ0v) is 9.20. The number of rotatable bonds is 2. The van der Waals surface area contributed by atoms with Gasteiger partial charge in [-0.3, -0.25) is 4.79 Å². The molecule has 3 nitrogen and oxygen atoms in total. The first-order valence-electron chi connectivity index (χ1n) is 4.82. The highest BCUT2D eigenvalue weighted by molar-refractivity contribution is 6.30. The molecule has 0 saturated carbocycles. The molecule has 1 aromatic rings. The molecular weight excluding hydrogens is 214 g/mol. The van der Waals surface area contributed by atoms with Crippen LogP contribution in [0.2, 0.25) is 5.02 Å². The Labute approximate surface area is 93.6 Å². The van der Waals surface area contributed by atoms with Crippen molar-refractivity contribution in [3.8, 4) is 0 Å². The van der Waals surface area contributed by atoms with Gasteiger partial charge >= 0.3 is 0 Å². The van der Waals surface area contributed by atoms with Gasteiger partial charge in [0.1, 0.15) is 6.10 Å². The summed E-state index contributed by atoms with van der Waals surface area (Å²) < 4.78 is 5.08. The van der Waals surface area contributed by atoms with Crippen LogP contribution in [-0.4, -0.2) is 25.7 Å². The minimum atomic E-state index is -0.291. The van der Waals surface area contributed by atoms with E-state index >= 15 is 0 Å². The van der Waals surface area contributed by atoms with Crippen LogP contribution >= 0.6 is 11.6 Å². The number of halogens is 1. The van der Waals surface area contributed by atoms with Gasteiger partial charge in [0.15, 0.2) is 0 Å². The third-order valence-corrected chi connectivity index (χ3v) is 2.83. The summed E-state index contributed by atoms with van der Waals surface area (Å²) in [5, 5.41) is 0.675. The summed E-state index contributed by atoms with van der Waals surface area (Å²) in [5.41, 5.74) is 0.879. The topological polar surface area (TPSA) is 29.5 Å². The largest absolute Gasteiger partial charge is 0.372 e. The first-order chi connectivity index (χ1) is 7.22. The number of carbonyl (C=O) groups excluding carboxylic acids is 1. The minimum Gasteiger partial charge on any atom is -0.372 e. The van der Waals surface area contributed by atoms with E-state index in [9.17, 15) is 4.79 Å².